The summed E-state index contributed by atoms with van der Waals surface area (Å²) in [5, 5.41) is 7.27. The normalized spacial score (nSPS) is 10.3. The van der Waals surface area contributed by atoms with E-state index in [0.29, 0.717) is 0 Å². The first kappa shape index (κ1) is 5.60. The van der Waals surface area contributed by atoms with Gasteiger partial charge in [-0.3, -0.25) is 0 Å². The van der Waals surface area contributed by atoms with E-state index >= 15 is 0 Å². The summed E-state index contributed by atoms with van der Waals surface area (Å²) >= 11 is 0. The lowest BCUT2D eigenvalue weighted by atomic mass is 10.5. The summed E-state index contributed by atoms with van der Waals surface area (Å²) in [6, 6.07) is 0. The summed E-state index contributed by atoms with van der Waals surface area (Å²) in [5.74, 6) is 0. The minimum Gasteiger partial charge on any atom is -0.198 e. The third-order valence-electron chi connectivity index (χ3n) is 0.465. The van der Waals surface area contributed by atoms with Crippen LogP contribution in [0.4, 0.5) is 0 Å². The molecule has 0 aliphatic rings. The van der Waals surface area contributed by atoms with Crippen LogP contribution < -0.4 is 0 Å². The molecule has 0 saturated carbocycles. The molecule has 0 aromatic heterocycles. The largest absolute Gasteiger partial charge is 0.198 e. The quantitative estimate of drug-likeness (QED) is 0.455. The van der Waals surface area contributed by atoms with Crippen LogP contribution in [0.2, 0.25) is 0 Å². The molecule has 6 heavy (non-hydrogen) atoms. The van der Waals surface area contributed by atoms with Crippen LogP contribution in [0, 0.1) is 0 Å². The fraction of sp³-hybridized carbons (Fsp3) is 1.00. The molecule has 0 fully saturated rings. The van der Waals surface area contributed by atoms with E-state index in [1.807, 2.05) is 0 Å². The Morgan fingerprint density at radius 2 is 2.17 bits per heavy atom. The van der Waals surface area contributed by atoms with Gasteiger partial charge in [0.25, 0.3) is 0 Å². The zero-order chi connectivity index (χ0) is 4.83. The first-order valence-corrected chi connectivity index (χ1v) is 2.17. The highest BCUT2D eigenvalue weighted by Gasteiger charge is 1.66. The molecule has 0 atom stereocenters. The Morgan fingerprint density at radius 3 is 2.33 bits per heavy atom. The molecule has 0 saturated heterocycles. The monoisotopic (exact) mass is 86.1 g/mol. The summed E-state index contributed by atoms with van der Waals surface area (Å²) in [7, 11) is 1.69. The van der Waals surface area contributed by atoms with E-state index in [1.54, 1.807) is 7.05 Å². The fourth-order valence-electron chi connectivity index (χ4n) is 0.200. The Labute approximate surface area is 38.3 Å². The van der Waals surface area contributed by atoms with Gasteiger partial charge in [-0.25, -0.2) is 0 Å². The van der Waals surface area contributed by atoms with E-state index in [1.165, 1.54) is 0 Å². The van der Waals surface area contributed by atoms with Crippen molar-refractivity contribution in [3.8, 4) is 0 Å². The van der Waals surface area contributed by atoms with Crippen LogP contribution in [0.1, 0.15) is 13.3 Å². The van der Waals surface area contributed by atoms with Gasteiger partial charge in [0.2, 0.25) is 0 Å². The van der Waals surface area contributed by atoms with Gasteiger partial charge < -0.3 is 0 Å². The van der Waals surface area contributed by atoms with Gasteiger partial charge in [0.1, 0.15) is 0 Å². The predicted molar refractivity (Wildman–Crippen MR) is 25.9 cm³/mol. The maximum Gasteiger partial charge on any atom is 0.0596 e. The van der Waals surface area contributed by atoms with E-state index in [9.17, 15) is 0 Å². The van der Waals surface area contributed by atoms with Gasteiger partial charge in [0, 0.05) is 7.05 Å². The average Bonchev–Trinajstić information content (AvgIpc) is 1.61. The van der Waals surface area contributed by atoms with Gasteiger partial charge in [-0.2, -0.15) is 10.2 Å². The van der Waals surface area contributed by atoms with Crippen molar-refractivity contribution in [3.05, 3.63) is 0 Å². The van der Waals surface area contributed by atoms with Gasteiger partial charge in [-0.1, -0.05) is 6.92 Å². The van der Waals surface area contributed by atoms with Crippen LogP contribution >= 0.6 is 0 Å². The molecule has 0 unspecified atom stereocenters. The van der Waals surface area contributed by atoms with Crippen molar-refractivity contribution in [1.82, 2.24) is 0 Å². The van der Waals surface area contributed by atoms with Crippen LogP contribution in [-0.2, 0) is 0 Å². The van der Waals surface area contributed by atoms with Gasteiger partial charge >= 0.3 is 0 Å². The molecule has 0 rings (SSSR count). The minimum absolute atomic E-state index is 0.872. The van der Waals surface area contributed by atoms with E-state index in [-0.39, 0.29) is 0 Å². The fourth-order valence-corrected chi connectivity index (χ4v) is 0.200. The van der Waals surface area contributed by atoms with Gasteiger partial charge in [-0.05, 0) is 6.42 Å². The van der Waals surface area contributed by atoms with Crippen molar-refractivity contribution in [2.75, 3.05) is 13.6 Å². The molecule has 0 aromatic rings. The predicted octanol–water partition coefficient (Wildman–Crippen LogP) is 1.48. The molecule has 0 radical (unpaired) electrons. The summed E-state index contributed by atoms with van der Waals surface area (Å²) in [5.41, 5.74) is 0. The lowest BCUT2D eigenvalue weighted by Gasteiger charge is -1.76. The van der Waals surface area contributed by atoms with Gasteiger partial charge in [-0.15, -0.1) is 0 Å². The number of hydrogen-bond acceptors (Lipinski definition) is 2. The van der Waals surface area contributed by atoms with Crippen LogP contribution in [0.15, 0.2) is 10.2 Å². The standard InChI is InChI=1S/C4H10N2/c1-3-4-6-5-2/h3-4H2,1-2H3/b6-5+. The maximum absolute atomic E-state index is 3.72. The Balaban J connectivity index is 2.66. The highest BCUT2D eigenvalue weighted by Crippen LogP contribution is 1.75. The second-order valence-electron chi connectivity index (χ2n) is 1.07. The third-order valence-corrected chi connectivity index (χ3v) is 0.465. The molecule has 0 spiro atoms. The summed E-state index contributed by atoms with van der Waals surface area (Å²) in [6.07, 6.45) is 1.09. The maximum atomic E-state index is 3.72. The first-order chi connectivity index (χ1) is 2.91. The Kier molecular flexibility index (Phi) is 4.29. The number of hydrogen-bond donors (Lipinski definition) is 0. The highest BCUT2D eigenvalue weighted by atomic mass is 15.1. The topological polar surface area (TPSA) is 24.7 Å². The molecule has 0 N–H and O–H groups in total. The first-order valence-electron chi connectivity index (χ1n) is 2.17. The lowest BCUT2D eigenvalue weighted by molar-refractivity contribution is 0.863. The molecular weight excluding hydrogens is 76.1 g/mol. The molecule has 0 bridgehead atoms. The van der Waals surface area contributed by atoms with Crippen molar-refractivity contribution in [1.29, 1.82) is 0 Å². The van der Waals surface area contributed by atoms with Crippen LogP contribution in [0.3, 0.4) is 0 Å². The van der Waals surface area contributed by atoms with Crippen molar-refractivity contribution in [2.24, 2.45) is 10.2 Å². The summed E-state index contributed by atoms with van der Waals surface area (Å²) in [6.45, 7) is 2.95. The van der Waals surface area contributed by atoms with E-state index < -0.39 is 0 Å². The van der Waals surface area contributed by atoms with Crippen LogP contribution in [0.25, 0.3) is 0 Å². The van der Waals surface area contributed by atoms with Gasteiger partial charge in [0.05, 0.1) is 6.54 Å². The molecule has 36 valence electrons. The minimum atomic E-state index is 0.872. The van der Waals surface area contributed by atoms with E-state index in [0.717, 1.165) is 13.0 Å². The summed E-state index contributed by atoms with van der Waals surface area (Å²) < 4.78 is 0. The Bertz CT molecular complexity index is 40.8. The molecule has 0 heterocycles. The van der Waals surface area contributed by atoms with Gasteiger partial charge in [0.15, 0.2) is 0 Å². The zero-order valence-corrected chi connectivity index (χ0v) is 4.31. The van der Waals surface area contributed by atoms with Crippen molar-refractivity contribution >= 4 is 0 Å². The Hall–Kier alpha value is -0.400. The third kappa shape index (κ3) is 3.60. The lowest BCUT2D eigenvalue weighted by Crippen LogP contribution is -1.68. The molecule has 0 aromatic carbocycles. The molecular formula is C4H10N2. The van der Waals surface area contributed by atoms with Crippen molar-refractivity contribution < 1.29 is 0 Å². The second kappa shape index (κ2) is 4.60. The highest BCUT2D eigenvalue weighted by molar-refractivity contribution is 4.28. The SMILES string of the molecule is CCC/N=N/C. The van der Waals surface area contributed by atoms with E-state index in [2.05, 4.69) is 17.2 Å². The molecule has 0 aliphatic carbocycles. The molecule has 0 aliphatic heterocycles. The zero-order valence-electron chi connectivity index (χ0n) is 4.31. The number of azo groups is 1. The van der Waals surface area contributed by atoms with E-state index in [4.69, 9.17) is 0 Å². The smallest absolute Gasteiger partial charge is 0.0596 e. The van der Waals surface area contributed by atoms with Crippen molar-refractivity contribution in [3.63, 3.8) is 0 Å². The second-order valence-corrected chi connectivity index (χ2v) is 1.07. The molecule has 2 heteroatoms. The van der Waals surface area contributed by atoms with Crippen molar-refractivity contribution in [2.45, 2.75) is 13.3 Å². The average molecular weight is 86.1 g/mol. The van der Waals surface area contributed by atoms with Crippen LogP contribution in [-0.4, -0.2) is 13.6 Å². The Morgan fingerprint density at radius 1 is 1.50 bits per heavy atom. The number of nitrogens with zero attached hydrogens (tertiary/aromatic N) is 2. The molecule has 0 amide bonds. The van der Waals surface area contributed by atoms with Crippen LogP contribution in [0.5, 0.6) is 0 Å². The summed E-state index contributed by atoms with van der Waals surface area (Å²) in [4.78, 5) is 0. The molecule has 2 nitrogen and oxygen atoms in total. The number of rotatable bonds is 2.